The summed E-state index contributed by atoms with van der Waals surface area (Å²) in [5.41, 5.74) is 6.56. The molecular weight excluding hydrogens is 371 g/mol. The number of carbonyl (C=O) groups excluding carboxylic acids is 2. The maximum Gasteiger partial charge on any atom is 0.416 e. The summed E-state index contributed by atoms with van der Waals surface area (Å²) in [7, 11) is 0. The monoisotopic (exact) mass is 391 g/mol. The molecule has 0 radical (unpaired) electrons. The summed E-state index contributed by atoms with van der Waals surface area (Å²) in [6.07, 6.45) is -3.94. The second-order valence-corrected chi connectivity index (χ2v) is 6.85. The molecule has 28 heavy (non-hydrogen) atoms. The van der Waals surface area contributed by atoms with E-state index in [1.807, 2.05) is 36.1 Å². The molecule has 8 heteroatoms. The van der Waals surface area contributed by atoms with Crippen LogP contribution in [0.5, 0.6) is 0 Å². The first kappa shape index (κ1) is 19.7. The van der Waals surface area contributed by atoms with Gasteiger partial charge in [-0.05, 0) is 49.2 Å². The number of nitrogens with two attached hydrogens (primary N) is 1. The third-order valence-corrected chi connectivity index (χ3v) is 4.88. The van der Waals surface area contributed by atoms with Crippen LogP contribution in [0.3, 0.4) is 0 Å². The first-order valence-corrected chi connectivity index (χ1v) is 8.79. The largest absolute Gasteiger partial charge is 0.416 e. The minimum absolute atomic E-state index is 0.00465. The fourth-order valence-corrected chi connectivity index (χ4v) is 3.48. The van der Waals surface area contributed by atoms with Gasteiger partial charge in [0.1, 0.15) is 0 Å². The molecule has 0 saturated carbocycles. The third kappa shape index (κ3) is 4.11. The van der Waals surface area contributed by atoms with E-state index in [1.165, 1.54) is 12.1 Å². The zero-order valence-corrected chi connectivity index (χ0v) is 15.2. The van der Waals surface area contributed by atoms with E-state index < -0.39 is 23.6 Å². The maximum atomic E-state index is 12.6. The number of rotatable bonds is 4. The van der Waals surface area contributed by atoms with Crippen LogP contribution in [0, 0.1) is 0 Å². The summed E-state index contributed by atoms with van der Waals surface area (Å²) >= 11 is 0. The quantitative estimate of drug-likeness (QED) is 0.838. The van der Waals surface area contributed by atoms with Crippen molar-refractivity contribution in [1.82, 2.24) is 0 Å². The Bertz CT molecular complexity index is 881. The van der Waals surface area contributed by atoms with Crippen molar-refractivity contribution >= 4 is 23.2 Å². The van der Waals surface area contributed by atoms with Gasteiger partial charge in [-0.25, -0.2) is 0 Å². The number of benzene rings is 2. The molecule has 0 spiro atoms. The van der Waals surface area contributed by atoms with Gasteiger partial charge < -0.3 is 16.0 Å². The van der Waals surface area contributed by atoms with Gasteiger partial charge in [0, 0.05) is 17.4 Å². The van der Waals surface area contributed by atoms with E-state index in [0.29, 0.717) is 6.42 Å². The van der Waals surface area contributed by atoms with E-state index in [4.69, 9.17) is 5.73 Å². The topological polar surface area (TPSA) is 75.4 Å². The van der Waals surface area contributed by atoms with Crippen molar-refractivity contribution in [1.29, 1.82) is 0 Å². The highest BCUT2D eigenvalue weighted by Gasteiger charge is 2.34. The molecule has 0 aliphatic carbocycles. The van der Waals surface area contributed by atoms with Gasteiger partial charge >= 0.3 is 6.18 Å². The normalized spacial score (nSPS) is 19.1. The lowest BCUT2D eigenvalue weighted by Gasteiger charge is -2.39. The number of amides is 2. The summed E-state index contributed by atoms with van der Waals surface area (Å²) in [4.78, 5) is 26.1. The van der Waals surface area contributed by atoms with Crippen LogP contribution in [-0.2, 0) is 15.8 Å². The summed E-state index contributed by atoms with van der Waals surface area (Å²) in [5.74, 6) is -1.19. The average Bonchev–Trinajstić information content (AvgIpc) is 2.63. The van der Waals surface area contributed by atoms with Gasteiger partial charge in [-0.15, -0.1) is 0 Å². The van der Waals surface area contributed by atoms with Gasteiger partial charge in [-0.2, -0.15) is 13.2 Å². The number of primary amides is 1. The molecule has 0 aromatic heterocycles. The van der Waals surface area contributed by atoms with Gasteiger partial charge in [0.25, 0.3) is 0 Å². The number of nitrogens with zero attached hydrogens (tertiary/aromatic N) is 1. The van der Waals surface area contributed by atoms with Crippen molar-refractivity contribution in [2.24, 2.45) is 5.73 Å². The van der Waals surface area contributed by atoms with Crippen molar-refractivity contribution in [2.75, 3.05) is 16.8 Å². The third-order valence-electron chi connectivity index (χ3n) is 4.88. The lowest BCUT2D eigenvalue weighted by molar-refractivity contribution is -0.137. The Morgan fingerprint density at radius 2 is 1.79 bits per heavy atom. The molecule has 2 aromatic carbocycles. The molecule has 3 N–H and O–H groups in total. The average molecular weight is 391 g/mol. The fraction of sp³-hybridized carbons (Fsp3) is 0.300. The summed E-state index contributed by atoms with van der Waals surface area (Å²) in [5, 5.41) is 2.61. The van der Waals surface area contributed by atoms with Crippen molar-refractivity contribution in [3.8, 4) is 0 Å². The highest BCUT2D eigenvalue weighted by Crippen LogP contribution is 2.38. The lowest BCUT2D eigenvalue weighted by Crippen LogP contribution is -2.45. The van der Waals surface area contributed by atoms with Crippen LogP contribution in [0.4, 0.5) is 24.5 Å². The van der Waals surface area contributed by atoms with E-state index in [0.717, 1.165) is 23.4 Å². The summed E-state index contributed by atoms with van der Waals surface area (Å²) < 4.78 is 37.9. The molecule has 2 atom stereocenters. The molecule has 148 valence electrons. The van der Waals surface area contributed by atoms with Crippen LogP contribution in [0.1, 0.15) is 30.4 Å². The molecule has 1 aliphatic rings. The van der Waals surface area contributed by atoms with E-state index >= 15 is 0 Å². The van der Waals surface area contributed by atoms with Crippen LogP contribution < -0.4 is 16.0 Å². The zero-order valence-electron chi connectivity index (χ0n) is 15.2. The number of para-hydroxylation sites is 1. The Balaban J connectivity index is 1.74. The number of nitrogens with one attached hydrogen (secondary N) is 1. The van der Waals surface area contributed by atoms with Gasteiger partial charge in [-0.3, -0.25) is 9.59 Å². The summed E-state index contributed by atoms with van der Waals surface area (Å²) in [6, 6.07) is 11.4. The van der Waals surface area contributed by atoms with Crippen LogP contribution in [-0.4, -0.2) is 24.4 Å². The number of fused-ring (bicyclic) bond motifs is 1. The van der Waals surface area contributed by atoms with Crippen LogP contribution in [0.2, 0.25) is 0 Å². The van der Waals surface area contributed by atoms with Crippen molar-refractivity contribution in [2.45, 2.75) is 31.5 Å². The fourth-order valence-electron chi connectivity index (χ4n) is 3.48. The molecule has 1 heterocycles. The SMILES string of the molecule is C[C@H]1C[C@@H](C(N)=O)c2ccccc2N1CC(=O)Nc1ccc(C(F)(F)F)cc1. The Hall–Kier alpha value is -3.03. The van der Waals surface area contributed by atoms with Gasteiger partial charge in [0.15, 0.2) is 0 Å². The Labute approximate surface area is 160 Å². The van der Waals surface area contributed by atoms with Gasteiger partial charge in [0.05, 0.1) is 18.0 Å². The molecule has 0 bridgehead atoms. The number of carbonyl (C=O) groups is 2. The maximum absolute atomic E-state index is 12.6. The molecule has 3 rings (SSSR count). The molecular formula is C20H20F3N3O2. The second-order valence-electron chi connectivity index (χ2n) is 6.85. The smallest absolute Gasteiger partial charge is 0.369 e. The van der Waals surface area contributed by atoms with Crippen molar-refractivity contribution < 1.29 is 22.8 Å². The first-order valence-electron chi connectivity index (χ1n) is 8.79. The molecule has 0 saturated heterocycles. The standard InChI is InChI=1S/C20H20F3N3O2/c1-12-10-16(19(24)28)15-4-2-3-5-17(15)26(12)11-18(27)25-14-8-6-13(7-9-14)20(21,22)23/h2-9,12,16H,10-11H2,1H3,(H2,24,28)(H,25,27)/t12-,16+/m0/s1. The summed E-state index contributed by atoms with van der Waals surface area (Å²) in [6.45, 7) is 1.90. The minimum atomic E-state index is -4.42. The van der Waals surface area contributed by atoms with Crippen LogP contribution in [0.25, 0.3) is 0 Å². The lowest BCUT2D eigenvalue weighted by atomic mass is 9.85. The first-order chi connectivity index (χ1) is 13.2. The van der Waals surface area contributed by atoms with E-state index in [2.05, 4.69) is 5.32 Å². The van der Waals surface area contributed by atoms with Crippen molar-refractivity contribution in [3.05, 3.63) is 59.7 Å². The zero-order chi connectivity index (χ0) is 20.5. The molecule has 0 unspecified atom stereocenters. The number of alkyl halides is 3. The van der Waals surface area contributed by atoms with E-state index in [1.54, 1.807) is 0 Å². The number of hydrogen-bond donors (Lipinski definition) is 2. The van der Waals surface area contributed by atoms with E-state index in [-0.39, 0.29) is 24.2 Å². The second kappa shape index (κ2) is 7.53. The molecule has 2 aromatic rings. The highest BCUT2D eigenvalue weighted by atomic mass is 19.4. The number of anilines is 2. The minimum Gasteiger partial charge on any atom is -0.369 e. The van der Waals surface area contributed by atoms with Crippen LogP contribution >= 0.6 is 0 Å². The van der Waals surface area contributed by atoms with Crippen LogP contribution in [0.15, 0.2) is 48.5 Å². The molecule has 5 nitrogen and oxygen atoms in total. The van der Waals surface area contributed by atoms with Gasteiger partial charge in [-0.1, -0.05) is 18.2 Å². The van der Waals surface area contributed by atoms with E-state index in [9.17, 15) is 22.8 Å². The predicted octanol–water partition coefficient (Wildman–Crippen LogP) is 3.51. The number of hydrogen-bond acceptors (Lipinski definition) is 3. The predicted molar refractivity (Wildman–Crippen MR) is 99.9 cm³/mol. The Morgan fingerprint density at radius 1 is 1.14 bits per heavy atom. The Morgan fingerprint density at radius 3 is 2.39 bits per heavy atom. The van der Waals surface area contributed by atoms with Crippen molar-refractivity contribution in [3.63, 3.8) is 0 Å². The highest BCUT2D eigenvalue weighted by molar-refractivity contribution is 5.95. The number of halogens is 3. The molecule has 1 aliphatic heterocycles. The van der Waals surface area contributed by atoms with Gasteiger partial charge in [0.2, 0.25) is 11.8 Å². The molecule has 0 fully saturated rings. The molecule has 2 amide bonds. The Kier molecular flexibility index (Phi) is 5.31.